The Kier molecular flexibility index (Phi) is 9.22. The zero-order valence-electron chi connectivity index (χ0n) is 14.2. The maximum atomic E-state index is 6.12. The largest absolute Gasteiger partial charge is 0.521 e. The van der Waals surface area contributed by atoms with Crippen LogP contribution in [0, 0.1) is 0 Å². The molecular weight excluding hydrogens is 361 g/mol. The van der Waals surface area contributed by atoms with Crippen LogP contribution in [0.15, 0.2) is 12.3 Å². The molecule has 0 fully saturated rings. The van der Waals surface area contributed by atoms with Crippen LogP contribution < -0.4 is 0 Å². The van der Waals surface area contributed by atoms with Gasteiger partial charge in [0, 0.05) is 27.9 Å². The van der Waals surface area contributed by atoms with Crippen molar-refractivity contribution in [3.8, 4) is 0 Å². The zero-order chi connectivity index (χ0) is 16.7. The fourth-order valence-corrected chi connectivity index (χ4v) is 15.1. The summed E-state index contributed by atoms with van der Waals surface area (Å²) in [6.07, 6.45) is 0. The lowest BCUT2D eigenvalue weighted by molar-refractivity contribution is 0.113. The molecule has 0 saturated carbocycles. The summed E-state index contributed by atoms with van der Waals surface area (Å²) in [7, 11) is -4.80. The van der Waals surface area contributed by atoms with E-state index in [2.05, 4.69) is 6.58 Å². The molecule has 0 aliphatic carbocycles. The van der Waals surface area contributed by atoms with Gasteiger partial charge in [-0.1, -0.05) is 6.58 Å². The summed E-state index contributed by atoms with van der Waals surface area (Å²) in [4.78, 5) is 0. The summed E-state index contributed by atoms with van der Waals surface area (Å²) in [6.45, 7) is 11.4. The van der Waals surface area contributed by atoms with Gasteiger partial charge < -0.3 is 29.7 Å². The van der Waals surface area contributed by atoms with Crippen LogP contribution in [0.25, 0.3) is 0 Å². The van der Waals surface area contributed by atoms with Gasteiger partial charge in [0.25, 0.3) is 9.28 Å². The molecule has 0 aromatic carbocycles. The summed E-state index contributed by atoms with van der Waals surface area (Å²) < 4.78 is 39.7. The number of hydrogen-bond acceptors (Lipinski definition) is 7. The minimum atomic E-state index is -2.99. The molecule has 0 rings (SSSR count). The van der Waals surface area contributed by atoms with Crippen molar-refractivity contribution >= 4 is 45.9 Å². The normalized spacial score (nSPS) is 17.5. The molecule has 126 valence electrons. The van der Waals surface area contributed by atoms with E-state index in [-0.39, 0.29) is 0 Å². The molecule has 0 saturated heterocycles. The molecule has 0 aliphatic heterocycles. The highest BCUT2D eigenvalue weighted by Gasteiger charge is 2.51. The van der Waals surface area contributed by atoms with Gasteiger partial charge in [-0.3, -0.25) is 0 Å². The van der Waals surface area contributed by atoms with E-state index in [9.17, 15) is 0 Å². The summed E-state index contributed by atoms with van der Waals surface area (Å²) in [5, 5.41) is 0. The van der Waals surface area contributed by atoms with E-state index in [1.165, 1.54) is 14.2 Å². The van der Waals surface area contributed by atoms with E-state index in [4.69, 9.17) is 29.7 Å². The second kappa shape index (κ2) is 8.99. The topological polar surface area (TPSA) is 64.6 Å². The third kappa shape index (κ3) is 7.10. The van der Waals surface area contributed by atoms with Crippen molar-refractivity contribution in [2.24, 2.45) is 0 Å². The highest BCUT2D eigenvalue weighted by molar-refractivity contribution is 6.84. The second-order valence-electron chi connectivity index (χ2n) is 4.81. The quantitative estimate of drug-likeness (QED) is 0.464. The average molecular weight is 389 g/mol. The molecule has 0 heterocycles. The zero-order valence-corrected chi connectivity index (χ0v) is 20.4. The first-order valence-corrected chi connectivity index (χ1v) is 16.3. The smallest absolute Gasteiger partial charge is 0.447 e. The lowest BCUT2D eigenvalue weighted by atomic mass is 11.3. The monoisotopic (exact) mass is 388 g/mol. The van der Waals surface area contributed by atoms with Gasteiger partial charge in [0.1, 0.15) is 10.5 Å². The molecule has 0 spiro atoms. The fraction of sp³-hybridized carbons (Fsp3) is 0.778. The molecule has 0 N–H and O–H groups in total. The Morgan fingerprint density at radius 2 is 1.52 bits per heavy atom. The van der Waals surface area contributed by atoms with Crippen molar-refractivity contribution in [1.82, 2.24) is 0 Å². The van der Waals surface area contributed by atoms with Gasteiger partial charge in [-0.2, -0.15) is 0 Å². The number of rotatable bonds is 11. The standard InChI is InChI=1S/C9H28O7Si5/c1-9-21(11-3,12-4)16-20(8,10-2)15-19(6,7)14-18(5)13-17/h9,18H,1H2,2-8,17H3. The van der Waals surface area contributed by atoms with Gasteiger partial charge in [0.2, 0.25) is 0 Å². The van der Waals surface area contributed by atoms with E-state index in [1.807, 2.05) is 19.6 Å². The van der Waals surface area contributed by atoms with Crippen molar-refractivity contribution in [3.05, 3.63) is 12.3 Å². The van der Waals surface area contributed by atoms with E-state index in [0.717, 1.165) is 0 Å². The van der Waals surface area contributed by atoms with Crippen LogP contribution in [0.4, 0.5) is 0 Å². The van der Waals surface area contributed by atoms with Crippen LogP contribution in [0.5, 0.6) is 0 Å². The van der Waals surface area contributed by atoms with Crippen molar-refractivity contribution in [1.29, 1.82) is 0 Å². The van der Waals surface area contributed by atoms with Crippen molar-refractivity contribution in [2.45, 2.75) is 26.2 Å². The first-order valence-electron chi connectivity index (χ1n) is 6.51. The van der Waals surface area contributed by atoms with Gasteiger partial charge in [-0.05, 0) is 25.3 Å². The summed E-state index contributed by atoms with van der Waals surface area (Å²) in [5.74, 6) is 0. The molecule has 0 aromatic rings. The molecule has 2 unspecified atom stereocenters. The Balaban J connectivity index is 5.06. The van der Waals surface area contributed by atoms with Gasteiger partial charge in [0.15, 0.2) is 0 Å². The lowest BCUT2D eigenvalue weighted by Gasteiger charge is -2.37. The van der Waals surface area contributed by atoms with E-state index in [1.54, 1.807) is 19.4 Å². The third-order valence-electron chi connectivity index (χ3n) is 2.73. The fourth-order valence-electron chi connectivity index (χ4n) is 1.66. The van der Waals surface area contributed by atoms with Crippen LogP contribution >= 0.6 is 0 Å². The van der Waals surface area contributed by atoms with Crippen LogP contribution in [-0.4, -0.2) is 67.3 Å². The molecule has 0 bridgehead atoms. The second-order valence-corrected chi connectivity index (χ2v) is 17.8. The first kappa shape index (κ1) is 21.5. The SMILES string of the molecule is C=C[Si](OC)(OC)O[Si](C)(OC)O[Si](C)(C)O[SiH](C)O[SiH3]. The van der Waals surface area contributed by atoms with Crippen molar-refractivity contribution < 1.29 is 29.7 Å². The molecule has 0 amide bonds. The molecule has 2 atom stereocenters. The predicted molar refractivity (Wildman–Crippen MR) is 93.4 cm³/mol. The van der Waals surface area contributed by atoms with Gasteiger partial charge in [0.05, 0.1) is 0 Å². The molecule has 21 heavy (non-hydrogen) atoms. The van der Waals surface area contributed by atoms with Crippen LogP contribution in [-0.2, 0) is 29.7 Å². The van der Waals surface area contributed by atoms with Gasteiger partial charge in [-0.25, -0.2) is 0 Å². The first-order chi connectivity index (χ1) is 9.61. The van der Waals surface area contributed by atoms with Crippen LogP contribution in [0.3, 0.4) is 0 Å². The Hall–Kier alpha value is 0.544. The van der Waals surface area contributed by atoms with E-state index in [0.29, 0.717) is 10.5 Å². The Labute approximate surface area is 135 Å². The maximum Gasteiger partial charge on any atom is 0.521 e. The minimum Gasteiger partial charge on any atom is -0.447 e. The van der Waals surface area contributed by atoms with Crippen LogP contribution in [0.1, 0.15) is 0 Å². The summed E-state index contributed by atoms with van der Waals surface area (Å²) in [5.41, 5.74) is 1.55. The van der Waals surface area contributed by atoms with Gasteiger partial charge in [-0.15, -0.1) is 0 Å². The highest BCUT2D eigenvalue weighted by atomic mass is 28.5. The Morgan fingerprint density at radius 1 is 1.00 bits per heavy atom. The van der Waals surface area contributed by atoms with Crippen molar-refractivity contribution in [3.63, 3.8) is 0 Å². The molecule has 12 heteroatoms. The Bertz CT molecular complexity index is 328. The number of hydrogen-bond donors (Lipinski definition) is 0. The minimum absolute atomic E-state index is 0.660. The molecule has 0 aromatic heterocycles. The van der Waals surface area contributed by atoms with Crippen LogP contribution in [0.2, 0.25) is 26.2 Å². The van der Waals surface area contributed by atoms with Crippen molar-refractivity contribution in [2.75, 3.05) is 21.3 Å². The predicted octanol–water partition coefficient (Wildman–Crippen LogP) is 0.0573. The maximum absolute atomic E-state index is 6.12. The van der Waals surface area contributed by atoms with Gasteiger partial charge >= 0.3 is 26.2 Å². The summed E-state index contributed by atoms with van der Waals surface area (Å²) in [6, 6.07) is 0. The summed E-state index contributed by atoms with van der Waals surface area (Å²) >= 11 is 0. The molecule has 0 aliphatic rings. The lowest BCUT2D eigenvalue weighted by Crippen LogP contribution is -2.60. The molecule has 7 nitrogen and oxygen atoms in total. The van der Waals surface area contributed by atoms with E-state index >= 15 is 0 Å². The third-order valence-corrected chi connectivity index (χ3v) is 17.4. The molecule has 0 radical (unpaired) electrons. The highest BCUT2D eigenvalue weighted by Crippen LogP contribution is 2.23. The Morgan fingerprint density at radius 3 is 1.86 bits per heavy atom. The van der Waals surface area contributed by atoms with E-state index < -0.39 is 35.5 Å². The average Bonchev–Trinajstić information content (AvgIpc) is 2.43. The molecular formula is C9H28O7Si5.